The standard InChI is InChI=1S/C13H8ClF2IN2O2.C13H9ClFIN2O2/c14-8-5-6(17)1-4-10(8)18-12-7(13(20)19-21)2-3-9(15)11(12)16;14-10-6-8(16)2-4-11(10)17-12-5-7(15)1-3-9(12)13(19)18-20/h1-5,18,21H,(H,19,20);1-6,17,20H,(H,18,19). The SMILES string of the molecule is O=C(NO)c1ccc(F)c(F)c1Nc1ccc(I)cc1Cl.O=C(NO)c1ccc(F)cc1Nc1ccc(I)cc1Cl. The molecule has 6 N–H and O–H groups in total. The van der Waals surface area contributed by atoms with Crippen molar-refractivity contribution >= 4 is 103 Å². The third-order valence-corrected chi connectivity index (χ3v) is 7.13. The molecule has 0 saturated carbocycles. The Morgan fingerprint density at radius 3 is 1.71 bits per heavy atom. The molecule has 2 amide bonds. The molecule has 4 aromatic carbocycles. The zero-order valence-electron chi connectivity index (χ0n) is 20.2. The lowest BCUT2D eigenvalue weighted by atomic mass is 10.1. The summed E-state index contributed by atoms with van der Waals surface area (Å²) in [6.07, 6.45) is 0. The molecular formula is C26H17Cl2F3I2N4O4. The Labute approximate surface area is 268 Å². The van der Waals surface area contributed by atoms with Gasteiger partial charge in [-0.1, -0.05) is 23.2 Å². The lowest BCUT2D eigenvalue weighted by molar-refractivity contribution is 0.0702. The fourth-order valence-corrected chi connectivity index (χ4v) is 5.07. The number of nitrogens with one attached hydrogen (secondary N) is 4. The predicted molar refractivity (Wildman–Crippen MR) is 166 cm³/mol. The number of rotatable bonds is 6. The highest BCUT2D eigenvalue weighted by Gasteiger charge is 2.19. The van der Waals surface area contributed by atoms with Crippen LogP contribution in [-0.2, 0) is 0 Å². The first kappa shape index (κ1) is 32.7. The quantitative estimate of drug-likeness (QED) is 0.0665. The summed E-state index contributed by atoms with van der Waals surface area (Å²) in [6.45, 7) is 0. The van der Waals surface area contributed by atoms with Gasteiger partial charge in [0, 0.05) is 7.14 Å². The summed E-state index contributed by atoms with van der Waals surface area (Å²) in [5, 5.41) is 23.5. The highest BCUT2D eigenvalue weighted by molar-refractivity contribution is 14.1. The topological polar surface area (TPSA) is 123 Å². The Morgan fingerprint density at radius 1 is 0.659 bits per heavy atom. The Kier molecular flexibility index (Phi) is 11.9. The molecule has 0 aliphatic heterocycles. The summed E-state index contributed by atoms with van der Waals surface area (Å²) in [5.74, 6) is -4.60. The lowest BCUT2D eigenvalue weighted by Crippen LogP contribution is -2.20. The third kappa shape index (κ3) is 8.59. The number of hydrogen-bond donors (Lipinski definition) is 6. The van der Waals surface area contributed by atoms with Gasteiger partial charge >= 0.3 is 0 Å². The van der Waals surface area contributed by atoms with Crippen LogP contribution in [0.15, 0.2) is 66.7 Å². The van der Waals surface area contributed by atoms with Crippen LogP contribution < -0.4 is 21.6 Å². The van der Waals surface area contributed by atoms with Gasteiger partial charge in [-0.2, -0.15) is 0 Å². The first-order valence-electron chi connectivity index (χ1n) is 11.1. The van der Waals surface area contributed by atoms with Gasteiger partial charge in [0.1, 0.15) is 5.82 Å². The van der Waals surface area contributed by atoms with Crippen molar-refractivity contribution in [1.29, 1.82) is 0 Å². The zero-order chi connectivity index (χ0) is 30.3. The molecule has 15 heteroatoms. The average Bonchev–Trinajstić information content (AvgIpc) is 2.94. The summed E-state index contributed by atoms with van der Waals surface area (Å²) in [6, 6.07) is 15.5. The molecule has 0 atom stereocenters. The first-order valence-corrected chi connectivity index (χ1v) is 14.0. The van der Waals surface area contributed by atoms with E-state index in [-0.39, 0.29) is 21.8 Å². The molecule has 0 spiro atoms. The van der Waals surface area contributed by atoms with Crippen LogP contribution in [-0.4, -0.2) is 22.2 Å². The summed E-state index contributed by atoms with van der Waals surface area (Å²) in [5.41, 5.74) is 3.36. The average molecular weight is 831 g/mol. The summed E-state index contributed by atoms with van der Waals surface area (Å²) < 4.78 is 42.4. The maximum absolute atomic E-state index is 13.9. The molecule has 0 aromatic heterocycles. The largest absolute Gasteiger partial charge is 0.354 e. The van der Waals surface area contributed by atoms with Gasteiger partial charge in [0.25, 0.3) is 11.8 Å². The molecule has 4 aromatic rings. The van der Waals surface area contributed by atoms with Crippen molar-refractivity contribution in [3.63, 3.8) is 0 Å². The number of carbonyl (C=O) groups excluding carboxylic acids is 2. The summed E-state index contributed by atoms with van der Waals surface area (Å²) in [7, 11) is 0. The van der Waals surface area contributed by atoms with Crippen molar-refractivity contribution < 1.29 is 33.2 Å². The molecule has 0 saturated heterocycles. The number of benzene rings is 4. The highest BCUT2D eigenvalue weighted by atomic mass is 127. The van der Waals surface area contributed by atoms with Gasteiger partial charge in [0.15, 0.2) is 11.6 Å². The number of anilines is 4. The van der Waals surface area contributed by atoms with Gasteiger partial charge in [-0.15, -0.1) is 0 Å². The molecule has 0 aliphatic rings. The molecule has 0 unspecified atom stereocenters. The van der Waals surface area contributed by atoms with Crippen molar-refractivity contribution in [1.82, 2.24) is 11.0 Å². The van der Waals surface area contributed by atoms with Gasteiger partial charge in [-0.05, 0) is 112 Å². The van der Waals surface area contributed by atoms with Crippen molar-refractivity contribution in [2.75, 3.05) is 10.6 Å². The second-order valence-electron chi connectivity index (χ2n) is 7.85. The van der Waals surface area contributed by atoms with Gasteiger partial charge in [-0.3, -0.25) is 20.0 Å². The van der Waals surface area contributed by atoms with Crippen LogP contribution in [0.5, 0.6) is 0 Å². The minimum atomic E-state index is -1.24. The van der Waals surface area contributed by atoms with Crippen LogP contribution in [0.1, 0.15) is 20.7 Å². The van der Waals surface area contributed by atoms with Crippen LogP contribution in [0.4, 0.5) is 35.9 Å². The highest BCUT2D eigenvalue weighted by Crippen LogP contribution is 2.32. The van der Waals surface area contributed by atoms with Gasteiger partial charge in [-0.25, -0.2) is 24.1 Å². The molecule has 0 fully saturated rings. The summed E-state index contributed by atoms with van der Waals surface area (Å²) in [4.78, 5) is 23.0. The number of hydrogen-bond acceptors (Lipinski definition) is 6. The summed E-state index contributed by atoms with van der Waals surface area (Å²) >= 11 is 16.2. The van der Waals surface area contributed by atoms with Crippen LogP contribution in [0.25, 0.3) is 0 Å². The van der Waals surface area contributed by atoms with E-state index >= 15 is 0 Å². The van der Waals surface area contributed by atoms with E-state index in [1.165, 1.54) is 17.0 Å². The van der Waals surface area contributed by atoms with Crippen molar-refractivity contribution in [3.8, 4) is 0 Å². The molecule has 0 heterocycles. The van der Waals surface area contributed by atoms with E-state index in [1.807, 2.05) is 28.7 Å². The first-order chi connectivity index (χ1) is 19.4. The second-order valence-corrected chi connectivity index (χ2v) is 11.2. The van der Waals surface area contributed by atoms with Gasteiger partial charge < -0.3 is 10.6 Å². The molecule has 41 heavy (non-hydrogen) atoms. The normalized spacial score (nSPS) is 10.3. The van der Waals surface area contributed by atoms with Crippen molar-refractivity contribution in [2.24, 2.45) is 0 Å². The van der Waals surface area contributed by atoms with E-state index in [4.69, 9.17) is 33.6 Å². The number of halogens is 7. The Morgan fingerprint density at radius 2 is 1.17 bits per heavy atom. The molecule has 0 bridgehead atoms. The second kappa shape index (κ2) is 14.9. The van der Waals surface area contributed by atoms with Crippen molar-refractivity contribution in [3.05, 3.63) is 112 Å². The number of hydroxylamine groups is 2. The van der Waals surface area contributed by atoms with Crippen molar-refractivity contribution in [2.45, 2.75) is 0 Å². The lowest BCUT2D eigenvalue weighted by Gasteiger charge is -2.13. The van der Waals surface area contributed by atoms with Gasteiger partial charge in [0.05, 0.1) is 43.9 Å². The monoisotopic (exact) mass is 830 g/mol. The Hall–Kier alpha value is -2.83. The van der Waals surface area contributed by atoms with Crippen LogP contribution in [0, 0.1) is 24.6 Å². The Balaban J connectivity index is 0.000000226. The van der Waals surface area contributed by atoms with E-state index in [2.05, 4.69) is 33.2 Å². The molecule has 0 radical (unpaired) electrons. The number of amides is 2. The third-order valence-electron chi connectivity index (χ3n) is 5.16. The zero-order valence-corrected chi connectivity index (χ0v) is 26.0. The van der Waals surface area contributed by atoms with E-state index in [1.54, 1.807) is 30.3 Å². The fraction of sp³-hybridized carbons (Fsp3) is 0. The minimum Gasteiger partial charge on any atom is -0.354 e. The number of carbonyl (C=O) groups is 2. The smallest absolute Gasteiger partial charge is 0.276 e. The fourth-order valence-electron chi connectivity index (χ4n) is 3.26. The predicted octanol–water partition coefficient (Wildman–Crippen LogP) is 8.03. The molecule has 214 valence electrons. The molecule has 4 rings (SSSR count). The maximum Gasteiger partial charge on any atom is 0.276 e. The van der Waals surface area contributed by atoms with E-state index < -0.39 is 35.0 Å². The Bertz CT molecular complexity index is 1620. The maximum atomic E-state index is 13.9. The molecular weight excluding hydrogens is 814 g/mol. The molecule has 8 nitrogen and oxygen atoms in total. The van der Waals surface area contributed by atoms with E-state index in [0.29, 0.717) is 16.4 Å². The molecule has 0 aliphatic carbocycles. The van der Waals surface area contributed by atoms with Crippen LogP contribution >= 0.6 is 68.4 Å². The van der Waals surface area contributed by atoms with E-state index in [9.17, 15) is 22.8 Å². The van der Waals surface area contributed by atoms with E-state index in [0.717, 1.165) is 31.4 Å². The minimum absolute atomic E-state index is 0.100. The van der Waals surface area contributed by atoms with Gasteiger partial charge in [0.2, 0.25) is 0 Å². The van der Waals surface area contributed by atoms with Crippen LogP contribution in [0.2, 0.25) is 10.0 Å². The van der Waals surface area contributed by atoms with Crippen LogP contribution in [0.3, 0.4) is 0 Å².